The van der Waals surface area contributed by atoms with E-state index in [2.05, 4.69) is 16.9 Å². The topological polar surface area (TPSA) is 64.2 Å². The van der Waals surface area contributed by atoms with E-state index in [0.29, 0.717) is 29.1 Å². The molecule has 3 aromatic rings. The van der Waals surface area contributed by atoms with Crippen LogP contribution in [-0.2, 0) is 0 Å². The van der Waals surface area contributed by atoms with Crippen molar-refractivity contribution in [2.45, 2.75) is 13.3 Å². The maximum atomic E-state index is 12.1. The summed E-state index contributed by atoms with van der Waals surface area (Å²) in [7, 11) is 1.62. The minimum atomic E-state index is -0.147. The van der Waals surface area contributed by atoms with Crippen molar-refractivity contribution < 1.29 is 9.47 Å². The van der Waals surface area contributed by atoms with Gasteiger partial charge in [0.1, 0.15) is 5.82 Å². The van der Waals surface area contributed by atoms with Crippen molar-refractivity contribution in [1.82, 2.24) is 9.97 Å². The molecule has 5 heteroatoms. The lowest BCUT2D eigenvalue weighted by Gasteiger charge is -2.10. The first-order chi connectivity index (χ1) is 12.2. The van der Waals surface area contributed by atoms with E-state index in [-0.39, 0.29) is 5.56 Å². The molecule has 0 saturated heterocycles. The van der Waals surface area contributed by atoms with Crippen LogP contribution in [0, 0.1) is 0 Å². The van der Waals surface area contributed by atoms with E-state index in [9.17, 15) is 4.79 Å². The molecule has 0 radical (unpaired) electrons. The Labute approximate surface area is 145 Å². The maximum absolute atomic E-state index is 12.1. The second-order valence-electron chi connectivity index (χ2n) is 5.56. The number of fused-ring (bicyclic) bond motifs is 1. The standard InChI is InChI=1S/C20H20N2O3/c1-3-12-25-17-10-8-14(13-18(17)24-2)9-11-19-21-16-7-5-4-6-15(16)20(23)22-19/h4-11,13H,3,12H2,1-2H3,(H,21,22,23)/b11-9+. The summed E-state index contributed by atoms with van der Waals surface area (Å²) in [6.45, 7) is 2.70. The number of aromatic amines is 1. The van der Waals surface area contributed by atoms with E-state index >= 15 is 0 Å². The Morgan fingerprint density at radius 1 is 1.12 bits per heavy atom. The first kappa shape index (κ1) is 16.8. The summed E-state index contributed by atoms with van der Waals surface area (Å²) in [5.41, 5.74) is 1.45. The lowest BCUT2D eigenvalue weighted by molar-refractivity contribution is 0.294. The SMILES string of the molecule is CCCOc1ccc(/C=C/c2nc3ccccc3c(=O)[nH]2)cc1OC. The van der Waals surface area contributed by atoms with Crippen LogP contribution in [0.3, 0.4) is 0 Å². The number of methoxy groups -OCH3 is 1. The fourth-order valence-electron chi connectivity index (χ4n) is 2.48. The molecule has 0 atom stereocenters. The van der Waals surface area contributed by atoms with Crippen LogP contribution in [0.4, 0.5) is 0 Å². The van der Waals surface area contributed by atoms with E-state index in [1.807, 2.05) is 42.5 Å². The Morgan fingerprint density at radius 3 is 2.76 bits per heavy atom. The van der Waals surface area contributed by atoms with Crippen LogP contribution in [0.1, 0.15) is 24.7 Å². The highest BCUT2D eigenvalue weighted by Gasteiger charge is 2.05. The lowest BCUT2D eigenvalue weighted by atomic mass is 10.2. The fraction of sp³-hybridized carbons (Fsp3) is 0.200. The highest BCUT2D eigenvalue weighted by atomic mass is 16.5. The molecule has 5 nitrogen and oxygen atoms in total. The molecule has 0 unspecified atom stereocenters. The summed E-state index contributed by atoms with van der Waals surface area (Å²) < 4.78 is 11.0. The second kappa shape index (κ2) is 7.66. The van der Waals surface area contributed by atoms with Gasteiger partial charge in [0.2, 0.25) is 0 Å². The third-order valence-corrected chi connectivity index (χ3v) is 3.71. The van der Waals surface area contributed by atoms with Crippen LogP contribution in [-0.4, -0.2) is 23.7 Å². The molecular weight excluding hydrogens is 316 g/mol. The molecule has 0 bridgehead atoms. The summed E-state index contributed by atoms with van der Waals surface area (Å²) in [6.07, 6.45) is 4.58. The predicted octanol–water partition coefficient (Wildman–Crippen LogP) is 3.89. The highest BCUT2D eigenvalue weighted by Crippen LogP contribution is 2.28. The number of hydrogen-bond acceptors (Lipinski definition) is 4. The van der Waals surface area contributed by atoms with Crippen LogP contribution in [0.5, 0.6) is 11.5 Å². The molecule has 1 heterocycles. The van der Waals surface area contributed by atoms with Gasteiger partial charge in [-0.05, 0) is 42.3 Å². The summed E-state index contributed by atoms with van der Waals surface area (Å²) >= 11 is 0. The minimum Gasteiger partial charge on any atom is -0.493 e. The molecule has 0 aliphatic heterocycles. The summed E-state index contributed by atoms with van der Waals surface area (Å²) in [4.78, 5) is 19.3. The zero-order chi connectivity index (χ0) is 17.6. The normalized spacial score (nSPS) is 11.1. The number of H-pyrrole nitrogens is 1. The largest absolute Gasteiger partial charge is 0.493 e. The van der Waals surface area contributed by atoms with Crippen LogP contribution in [0.15, 0.2) is 47.3 Å². The average Bonchev–Trinajstić information content (AvgIpc) is 2.65. The van der Waals surface area contributed by atoms with Crippen LogP contribution in [0.2, 0.25) is 0 Å². The second-order valence-corrected chi connectivity index (χ2v) is 5.56. The molecule has 25 heavy (non-hydrogen) atoms. The van der Waals surface area contributed by atoms with Gasteiger partial charge in [-0.25, -0.2) is 4.98 Å². The van der Waals surface area contributed by atoms with E-state index < -0.39 is 0 Å². The number of rotatable bonds is 6. The summed E-state index contributed by atoms with van der Waals surface area (Å²) in [5.74, 6) is 1.91. The van der Waals surface area contributed by atoms with Gasteiger partial charge in [-0.1, -0.05) is 31.2 Å². The number of nitrogens with zero attached hydrogens (tertiary/aromatic N) is 1. The average molecular weight is 336 g/mol. The lowest BCUT2D eigenvalue weighted by Crippen LogP contribution is -2.09. The van der Waals surface area contributed by atoms with Crippen molar-refractivity contribution in [3.63, 3.8) is 0 Å². The van der Waals surface area contributed by atoms with Gasteiger partial charge in [0.25, 0.3) is 5.56 Å². The highest BCUT2D eigenvalue weighted by molar-refractivity contribution is 5.79. The van der Waals surface area contributed by atoms with Gasteiger partial charge in [-0.2, -0.15) is 0 Å². The Balaban J connectivity index is 1.88. The van der Waals surface area contributed by atoms with Crippen molar-refractivity contribution in [1.29, 1.82) is 0 Å². The first-order valence-electron chi connectivity index (χ1n) is 8.19. The molecular formula is C20H20N2O3. The monoisotopic (exact) mass is 336 g/mol. The Hall–Kier alpha value is -3.08. The number of hydrogen-bond donors (Lipinski definition) is 1. The Kier molecular flexibility index (Phi) is 5.14. The summed E-state index contributed by atoms with van der Waals surface area (Å²) in [6, 6.07) is 13.0. The smallest absolute Gasteiger partial charge is 0.259 e. The summed E-state index contributed by atoms with van der Waals surface area (Å²) in [5, 5.41) is 0.582. The number of para-hydroxylation sites is 1. The van der Waals surface area contributed by atoms with Crippen molar-refractivity contribution in [2.24, 2.45) is 0 Å². The number of benzene rings is 2. The Morgan fingerprint density at radius 2 is 1.96 bits per heavy atom. The van der Waals surface area contributed by atoms with Gasteiger partial charge < -0.3 is 14.5 Å². The van der Waals surface area contributed by atoms with E-state index in [1.54, 1.807) is 19.3 Å². The Bertz CT molecular complexity index is 961. The molecule has 0 amide bonds. The third-order valence-electron chi connectivity index (χ3n) is 3.71. The van der Waals surface area contributed by atoms with Crippen molar-refractivity contribution in [2.75, 3.05) is 13.7 Å². The zero-order valence-electron chi connectivity index (χ0n) is 14.3. The van der Waals surface area contributed by atoms with E-state index in [1.165, 1.54) is 0 Å². The zero-order valence-corrected chi connectivity index (χ0v) is 14.3. The third kappa shape index (κ3) is 3.88. The van der Waals surface area contributed by atoms with E-state index in [4.69, 9.17) is 9.47 Å². The number of nitrogens with one attached hydrogen (secondary N) is 1. The number of aromatic nitrogens is 2. The number of ether oxygens (including phenoxy) is 2. The molecule has 0 aliphatic carbocycles. The molecule has 128 valence electrons. The van der Waals surface area contributed by atoms with Gasteiger partial charge >= 0.3 is 0 Å². The van der Waals surface area contributed by atoms with Crippen LogP contribution >= 0.6 is 0 Å². The van der Waals surface area contributed by atoms with Crippen LogP contribution in [0.25, 0.3) is 23.1 Å². The van der Waals surface area contributed by atoms with Crippen molar-refractivity contribution >= 4 is 23.1 Å². The molecule has 0 fully saturated rings. The molecule has 1 aromatic heterocycles. The van der Waals surface area contributed by atoms with Gasteiger partial charge in [-0.3, -0.25) is 4.79 Å². The van der Waals surface area contributed by atoms with Crippen molar-refractivity contribution in [3.05, 3.63) is 64.2 Å². The van der Waals surface area contributed by atoms with Gasteiger partial charge in [0.05, 0.1) is 24.6 Å². The molecule has 0 spiro atoms. The van der Waals surface area contributed by atoms with E-state index in [0.717, 1.165) is 17.7 Å². The molecule has 3 rings (SSSR count). The van der Waals surface area contributed by atoms with Gasteiger partial charge in [0.15, 0.2) is 11.5 Å². The van der Waals surface area contributed by atoms with Crippen molar-refractivity contribution in [3.8, 4) is 11.5 Å². The van der Waals surface area contributed by atoms with Gasteiger partial charge in [-0.15, -0.1) is 0 Å². The molecule has 2 aromatic carbocycles. The molecule has 0 saturated carbocycles. The van der Waals surface area contributed by atoms with Gasteiger partial charge in [0, 0.05) is 0 Å². The van der Waals surface area contributed by atoms with Crippen LogP contribution < -0.4 is 15.0 Å². The first-order valence-corrected chi connectivity index (χ1v) is 8.19. The minimum absolute atomic E-state index is 0.147. The fourth-order valence-corrected chi connectivity index (χ4v) is 2.48. The predicted molar refractivity (Wildman–Crippen MR) is 100 cm³/mol. The molecule has 0 aliphatic rings. The quantitative estimate of drug-likeness (QED) is 0.742. The maximum Gasteiger partial charge on any atom is 0.259 e. The molecule has 1 N–H and O–H groups in total.